The fourth-order valence-electron chi connectivity index (χ4n) is 2.70. The molecule has 2 aromatic rings. The third-order valence-electron chi connectivity index (χ3n) is 3.92. The first kappa shape index (κ1) is 17.2. The number of aryl methyl sites for hydroxylation is 1. The van der Waals surface area contributed by atoms with Crippen LogP contribution < -0.4 is 0 Å². The van der Waals surface area contributed by atoms with E-state index in [2.05, 4.69) is 10.3 Å². The summed E-state index contributed by atoms with van der Waals surface area (Å²) in [6, 6.07) is 5.13. The monoisotopic (exact) mass is 346 g/mol. The van der Waals surface area contributed by atoms with E-state index in [4.69, 9.17) is 9.47 Å². The first-order valence-electron chi connectivity index (χ1n) is 8.21. The number of hydrogen-bond donors (Lipinski definition) is 0. The molecular weight excluding hydrogens is 324 g/mol. The second-order valence-electron chi connectivity index (χ2n) is 7.16. The van der Waals surface area contributed by atoms with Gasteiger partial charge < -0.3 is 14.4 Å². The van der Waals surface area contributed by atoms with Crippen molar-refractivity contribution in [3.8, 4) is 0 Å². The summed E-state index contributed by atoms with van der Waals surface area (Å²) in [5, 5.41) is 7.91. The Labute approximate surface area is 145 Å². The molecule has 0 N–H and O–H groups in total. The van der Waals surface area contributed by atoms with Crippen LogP contribution in [0.3, 0.4) is 0 Å². The Morgan fingerprint density at radius 1 is 1.28 bits per heavy atom. The van der Waals surface area contributed by atoms with Gasteiger partial charge in [0.15, 0.2) is 0 Å². The molecule has 0 saturated carbocycles. The zero-order valence-electron chi connectivity index (χ0n) is 14.9. The maximum atomic E-state index is 12.3. The van der Waals surface area contributed by atoms with Gasteiger partial charge in [0.05, 0.1) is 17.6 Å². The van der Waals surface area contributed by atoms with Gasteiger partial charge in [0.25, 0.3) is 0 Å². The molecule has 1 saturated heterocycles. The van der Waals surface area contributed by atoms with Gasteiger partial charge in [0, 0.05) is 20.0 Å². The van der Waals surface area contributed by atoms with Gasteiger partial charge in [-0.3, -0.25) is 0 Å². The van der Waals surface area contributed by atoms with Crippen LogP contribution in [0.25, 0.3) is 11.0 Å². The van der Waals surface area contributed by atoms with Gasteiger partial charge >= 0.3 is 12.1 Å². The van der Waals surface area contributed by atoms with Gasteiger partial charge in [-0.2, -0.15) is 0 Å². The average molecular weight is 346 g/mol. The van der Waals surface area contributed by atoms with E-state index >= 15 is 0 Å². The second kappa shape index (κ2) is 6.34. The molecule has 1 aliphatic heterocycles. The summed E-state index contributed by atoms with van der Waals surface area (Å²) in [5.41, 5.74) is 1.36. The van der Waals surface area contributed by atoms with Crippen molar-refractivity contribution in [3.05, 3.63) is 23.8 Å². The van der Waals surface area contributed by atoms with Gasteiger partial charge in [0.2, 0.25) is 0 Å². The molecule has 8 nitrogen and oxygen atoms in total. The highest BCUT2D eigenvalue weighted by molar-refractivity contribution is 5.93. The number of hydrogen-bond acceptors (Lipinski definition) is 6. The molecule has 2 heterocycles. The highest BCUT2D eigenvalue weighted by Crippen LogP contribution is 2.19. The number of amides is 1. The van der Waals surface area contributed by atoms with Crippen molar-refractivity contribution in [3.63, 3.8) is 0 Å². The predicted octanol–water partition coefficient (Wildman–Crippen LogP) is 2.13. The number of carbonyl (C=O) groups excluding carboxylic acids is 2. The minimum absolute atomic E-state index is 0.336. The van der Waals surface area contributed by atoms with E-state index in [1.165, 1.54) is 0 Å². The highest BCUT2D eigenvalue weighted by atomic mass is 16.6. The smallest absolute Gasteiger partial charge is 0.410 e. The molecule has 0 bridgehead atoms. The number of fused-ring (bicyclic) bond motifs is 1. The van der Waals surface area contributed by atoms with Crippen molar-refractivity contribution in [1.82, 2.24) is 19.9 Å². The van der Waals surface area contributed by atoms with E-state index in [0.29, 0.717) is 30.6 Å². The Hall–Kier alpha value is -2.64. The minimum Gasteiger partial charge on any atom is -0.457 e. The molecule has 1 atom stereocenters. The largest absolute Gasteiger partial charge is 0.457 e. The molecule has 1 aromatic carbocycles. The molecule has 0 radical (unpaired) electrons. The van der Waals surface area contributed by atoms with Crippen molar-refractivity contribution in [2.75, 3.05) is 13.1 Å². The van der Waals surface area contributed by atoms with Crippen LogP contribution >= 0.6 is 0 Å². The summed E-state index contributed by atoms with van der Waals surface area (Å²) in [4.78, 5) is 26.0. The molecule has 1 aliphatic rings. The topological polar surface area (TPSA) is 86.6 Å². The van der Waals surface area contributed by atoms with Crippen LogP contribution in [0.1, 0.15) is 37.6 Å². The Kier molecular flexibility index (Phi) is 4.36. The van der Waals surface area contributed by atoms with E-state index in [1.54, 1.807) is 34.8 Å². The molecule has 25 heavy (non-hydrogen) atoms. The van der Waals surface area contributed by atoms with E-state index < -0.39 is 11.6 Å². The first-order valence-corrected chi connectivity index (χ1v) is 8.21. The van der Waals surface area contributed by atoms with Gasteiger partial charge in [0.1, 0.15) is 17.2 Å². The third-order valence-corrected chi connectivity index (χ3v) is 3.92. The third kappa shape index (κ3) is 3.89. The Balaban J connectivity index is 1.60. The maximum absolute atomic E-state index is 12.3. The van der Waals surface area contributed by atoms with Crippen LogP contribution in [-0.2, 0) is 16.5 Å². The molecule has 3 rings (SSSR count). The van der Waals surface area contributed by atoms with Crippen LogP contribution in [0.5, 0.6) is 0 Å². The SMILES string of the molecule is Cn1nnc2cc(C(=O)O[C@H]3CCN(C(=O)OC(C)(C)C)C3)ccc21. The lowest BCUT2D eigenvalue weighted by atomic mass is 10.2. The molecule has 8 heteroatoms. The highest BCUT2D eigenvalue weighted by Gasteiger charge is 2.32. The van der Waals surface area contributed by atoms with Crippen molar-refractivity contribution < 1.29 is 19.1 Å². The van der Waals surface area contributed by atoms with Gasteiger partial charge in [-0.1, -0.05) is 5.21 Å². The molecule has 0 spiro atoms. The standard InChI is InChI=1S/C17H22N4O4/c1-17(2,3)25-16(23)21-8-7-12(10-21)24-15(22)11-5-6-14-13(9-11)18-19-20(14)4/h5-6,9,12H,7-8,10H2,1-4H3/t12-/m0/s1. The number of aromatic nitrogens is 3. The van der Waals surface area contributed by atoms with Crippen molar-refractivity contribution in [1.29, 1.82) is 0 Å². The average Bonchev–Trinajstić information content (AvgIpc) is 3.13. The summed E-state index contributed by atoms with van der Waals surface area (Å²) in [6.07, 6.45) is -0.122. The van der Waals surface area contributed by atoms with E-state index in [0.717, 1.165) is 5.52 Å². The molecule has 1 amide bonds. The molecular formula is C17H22N4O4. The fourth-order valence-corrected chi connectivity index (χ4v) is 2.70. The van der Waals surface area contributed by atoms with Crippen molar-refractivity contribution in [2.24, 2.45) is 7.05 Å². The lowest BCUT2D eigenvalue weighted by molar-refractivity contribution is 0.0191. The number of esters is 1. The number of nitrogens with zero attached hydrogens (tertiary/aromatic N) is 4. The number of likely N-dealkylation sites (tertiary alicyclic amines) is 1. The molecule has 1 fully saturated rings. The lowest BCUT2D eigenvalue weighted by Gasteiger charge is -2.24. The summed E-state index contributed by atoms with van der Waals surface area (Å²) < 4.78 is 12.5. The molecule has 1 aromatic heterocycles. The quantitative estimate of drug-likeness (QED) is 0.774. The van der Waals surface area contributed by atoms with Crippen LogP contribution in [-0.4, -0.2) is 56.8 Å². The fraction of sp³-hybridized carbons (Fsp3) is 0.529. The van der Waals surface area contributed by atoms with E-state index in [1.807, 2.05) is 20.8 Å². The summed E-state index contributed by atoms with van der Waals surface area (Å²) >= 11 is 0. The van der Waals surface area contributed by atoms with Gasteiger partial charge in [-0.05, 0) is 39.0 Å². The zero-order valence-corrected chi connectivity index (χ0v) is 14.9. The van der Waals surface area contributed by atoms with Crippen LogP contribution in [0.2, 0.25) is 0 Å². The van der Waals surface area contributed by atoms with Crippen LogP contribution in [0, 0.1) is 0 Å². The van der Waals surface area contributed by atoms with Crippen molar-refractivity contribution in [2.45, 2.75) is 38.9 Å². The number of rotatable bonds is 2. The predicted molar refractivity (Wildman–Crippen MR) is 90.1 cm³/mol. The zero-order chi connectivity index (χ0) is 18.2. The summed E-state index contributed by atoms with van der Waals surface area (Å²) in [5.74, 6) is -0.427. The number of benzene rings is 1. The Morgan fingerprint density at radius 3 is 2.76 bits per heavy atom. The van der Waals surface area contributed by atoms with Crippen molar-refractivity contribution >= 4 is 23.1 Å². The molecule has 0 unspecified atom stereocenters. The number of ether oxygens (including phenoxy) is 2. The Morgan fingerprint density at radius 2 is 2.04 bits per heavy atom. The number of carbonyl (C=O) groups is 2. The summed E-state index contributed by atoms with van der Waals surface area (Å²) in [6.45, 7) is 6.31. The van der Waals surface area contributed by atoms with Crippen LogP contribution in [0.15, 0.2) is 18.2 Å². The van der Waals surface area contributed by atoms with E-state index in [9.17, 15) is 9.59 Å². The van der Waals surface area contributed by atoms with E-state index in [-0.39, 0.29) is 12.2 Å². The summed E-state index contributed by atoms with van der Waals surface area (Å²) in [7, 11) is 1.79. The Bertz CT molecular complexity index is 809. The lowest BCUT2D eigenvalue weighted by Crippen LogP contribution is -2.36. The maximum Gasteiger partial charge on any atom is 0.410 e. The first-order chi connectivity index (χ1) is 11.7. The molecule has 0 aliphatic carbocycles. The molecule has 134 valence electrons. The second-order valence-corrected chi connectivity index (χ2v) is 7.16. The van der Waals surface area contributed by atoms with Gasteiger partial charge in [-0.15, -0.1) is 5.10 Å². The van der Waals surface area contributed by atoms with Crippen LogP contribution in [0.4, 0.5) is 4.79 Å². The minimum atomic E-state index is -0.544. The van der Waals surface area contributed by atoms with Gasteiger partial charge in [-0.25, -0.2) is 14.3 Å². The normalized spacial score (nSPS) is 17.8.